The molecule has 1 amide bonds. The predicted molar refractivity (Wildman–Crippen MR) is 143 cm³/mol. The van der Waals surface area contributed by atoms with E-state index < -0.39 is 0 Å². The summed E-state index contributed by atoms with van der Waals surface area (Å²) in [5.41, 5.74) is 4.43. The van der Waals surface area contributed by atoms with Gasteiger partial charge in [0.1, 0.15) is 0 Å². The Kier molecular flexibility index (Phi) is 7.55. The predicted octanol–water partition coefficient (Wildman–Crippen LogP) is 5.15. The molecule has 37 heavy (non-hydrogen) atoms. The summed E-state index contributed by atoms with van der Waals surface area (Å²) >= 11 is 0. The van der Waals surface area contributed by atoms with Gasteiger partial charge in [-0.05, 0) is 48.2 Å². The van der Waals surface area contributed by atoms with Crippen molar-refractivity contribution in [2.24, 2.45) is 5.41 Å². The molecule has 2 heterocycles. The van der Waals surface area contributed by atoms with Crippen molar-refractivity contribution < 1.29 is 9.90 Å². The van der Waals surface area contributed by atoms with E-state index in [0.29, 0.717) is 25.3 Å². The Balaban J connectivity index is 1.41. The lowest BCUT2D eigenvalue weighted by Gasteiger charge is -2.34. The first-order valence-corrected chi connectivity index (χ1v) is 13.2. The lowest BCUT2D eigenvalue weighted by molar-refractivity contribution is -0.134. The molecule has 2 aromatic heterocycles. The van der Waals surface area contributed by atoms with E-state index in [2.05, 4.69) is 45.7 Å². The zero-order chi connectivity index (χ0) is 25.7. The molecule has 8 nitrogen and oxygen atoms in total. The number of nitrogens with one attached hydrogen (secondary N) is 1. The second-order valence-corrected chi connectivity index (χ2v) is 10.2. The van der Waals surface area contributed by atoms with E-state index in [-0.39, 0.29) is 17.9 Å². The Bertz CT molecular complexity index is 1350. The van der Waals surface area contributed by atoms with E-state index in [1.165, 1.54) is 0 Å². The third-order valence-electron chi connectivity index (χ3n) is 7.54. The van der Waals surface area contributed by atoms with Crippen molar-refractivity contribution in [3.05, 3.63) is 60.2 Å². The number of unbranched alkanes of at least 4 members (excludes halogenated alkanes) is 1. The largest absolute Gasteiger partial charge is 0.396 e. The Morgan fingerprint density at radius 1 is 1.08 bits per heavy atom. The average molecular weight is 499 g/mol. The van der Waals surface area contributed by atoms with E-state index in [0.717, 1.165) is 71.8 Å². The molecule has 0 radical (unpaired) electrons. The van der Waals surface area contributed by atoms with Gasteiger partial charge in [-0.2, -0.15) is 5.21 Å². The minimum Gasteiger partial charge on any atom is -0.396 e. The molecule has 1 saturated carbocycles. The molecule has 0 bridgehead atoms. The number of carbonyl (C=O) groups is 1. The monoisotopic (exact) mass is 498 g/mol. The van der Waals surface area contributed by atoms with Crippen molar-refractivity contribution in [3.63, 3.8) is 0 Å². The van der Waals surface area contributed by atoms with Gasteiger partial charge in [0, 0.05) is 41.4 Å². The molecule has 0 spiro atoms. The maximum absolute atomic E-state index is 13.2. The van der Waals surface area contributed by atoms with Crippen LogP contribution in [0, 0.1) is 5.41 Å². The maximum atomic E-state index is 13.2. The van der Waals surface area contributed by atoms with Crippen LogP contribution < -0.4 is 0 Å². The van der Waals surface area contributed by atoms with Gasteiger partial charge in [-0.15, -0.1) is 10.2 Å². The molecule has 2 aromatic carbocycles. The zero-order valence-electron chi connectivity index (χ0n) is 21.4. The van der Waals surface area contributed by atoms with E-state index >= 15 is 0 Å². The molecule has 1 fully saturated rings. The van der Waals surface area contributed by atoms with Crippen LogP contribution in [-0.4, -0.2) is 54.7 Å². The van der Waals surface area contributed by atoms with Crippen LogP contribution in [0.4, 0.5) is 0 Å². The fourth-order valence-corrected chi connectivity index (χ4v) is 5.44. The smallest absolute Gasteiger partial charge is 0.222 e. The number of carbonyl (C=O) groups excluding carboxylic acids is 1. The number of aliphatic hydroxyl groups is 1. The number of aromatic nitrogens is 5. The Morgan fingerprint density at radius 2 is 1.89 bits per heavy atom. The number of fused-ring (bicyclic) bond motifs is 1. The van der Waals surface area contributed by atoms with Crippen molar-refractivity contribution in [1.29, 1.82) is 0 Å². The van der Waals surface area contributed by atoms with Crippen molar-refractivity contribution >= 4 is 16.8 Å². The minimum atomic E-state index is -0.165. The number of aromatic amines is 1. The molecular formula is C29H34N6O2. The van der Waals surface area contributed by atoms with Gasteiger partial charge in [0.2, 0.25) is 11.7 Å². The van der Waals surface area contributed by atoms with Crippen molar-refractivity contribution in [1.82, 2.24) is 30.5 Å². The Morgan fingerprint density at radius 3 is 2.62 bits per heavy atom. The summed E-state index contributed by atoms with van der Waals surface area (Å²) in [6.07, 6.45) is 6.64. The van der Waals surface area contributed by atoms with Crippen LogP contribution in [0.15, 0.2) is 54.6 Å². The highest BCUT2D eigenvalue weighted by Crippen LogP contribution is 2.39. The molecule has 5 rings (SSSR count). The second-order valence-electron chi connectivity index (χ2n) is 10.2. The van der Waals surface area contributed by atoms with E-state index in [1.54, 1.807) is 0 Å². The van der Waals surface area contributed by atoms with Gasteiger partial charge < -0.3 is 10.0 Å². The van der Waals surface area contributed by atoms with Crippen molar-refractivity contribution in [3.8, 4) is 22.6 Å². The molecule has 1 aliphatic carbocycles. The lowest BCUT2D eigenvalue weighted by Crippen LogP contribution is -2.41. The van der Waals surface area contributed by atoms with Crippen LogP contribution in [0.5, 0.6) is 0 Å². The van der Waals surface area contributed by atoms with E-state index in [1.807, 2.05) is 41.3 Å². The molecule has 0 unspecified atom stereocenters. The lowest BCUT2D eigenvalue weighted by atomic mass is 9.86. The number of pyridine rings is 1. The summed E-state index contributed by atoms with van der Waals surface area (Å²) in [6, 6.07) is 18.2. The zero-order valence-corrected chi connectivity index (χ0v) is 21.4. The molecule has 0 saturated heterocycles. The third kappa shape index (κ3) is 5.54. The number of tetrazole rings is 1. The van der Waals surface area contributed by atoms with Gasteiger partial charge in [0.15, 0.2) is 0 Å². The number of amides is 1. The highest BCUT2D eigenvalue weighted by molar-refractivity contribution is 5.85. The SMILES string of the molecule is CCCCC(=O)N(Cc1ccc2nc(-c3ccccc3-c3nn[nH]n3)ccc2c1)CC1(CO)CCCC1. The van der Waals surface area contributed by atoms with E-state index in [4.69, 9.17) is 4.98 Å². The number of aliphatic hydroxyl groups excluding tert-OH is 1. The van der Waals surface area contributed by atoms with Crippen molar-refractivity contribution in [2.45, 2.75) is 58.4 Å². The molecule has 0 atom stereocenters. The quantitative estimate of drug-likeness (QED) is 0.313. The average Bonchev–Trinajstić information content (AvgIpc) is 3.64. The molecule has 8 heteroatoms. The summed E-state index contributed by atoms with van der Waals surface area (Å²) in [5.74, 6) is 0.705. The van der Waals surface area contributed by atoms with Crippen LogP contribution in [-0.2, 0) is 11.3 Å². The van der Waals surface area contributed by atoms with Crippen molar-refractivity contribution in [2.75, 3.05) is 13.2 Å². The maximum Gasteiger partial charge on any atom is 0.222 e. The van der Waals surface area contributed by atoms with Gasteiger partial charge >= 0.3 is 0 Å². The molecule has 4 aromatic rings. The fraction of sp³-hybridized carbons (Fsp3) is 0.414. The number of rotatable bonds is 10. The summed E-state index contributed by atoms with van der Waals surface area (Å²) in [4.78, 5) is 20.1. The highest BCUT2D eigenvalue weighted by atomic mass is 16.3. The van der Waals surface area contributed by atoms with Crippen LogP contribution in [0.3, 0.4) is 0 Å². The Hall–Kier alpha value is -3.65. The number of hydrogen-bond acceptors (Lipinski definition) is 6. The van der Waals surface area contributed by atoms with Gasteiger partial charge in [-0.25, -0.2) is 4.98 Å². The van der Waals surface area contributed by atoms with Gasteiger partial charge in [0.05, 0.1) is 17.8 Å². The Labute approximate surface area is 217 Å². The molecule has 0 aliphatic heterocycles. The number of hydrogen-bond donors (Lipinski definition) is 2. The van der Waals surface area contributed by atoms with Gasteiger partial charge in [-0.3, -0.25) is 4.79 Å². The second kappa shape index (κ2) is 11.2. The van der Waals surface area contributed by atoms with Crippen LogP contribution in [0.25, 0.3) is 33.5 Å². The standard InChI is InChI=1S/C29H34N6O2/c1-2-3-10-27(37)35(19-29(20-36)15-6-7-16-29)18-21-11-13-25-22(17-21)12-14-26(30-25)23-8-4-5-9-24(23)28-31-33-34-32-28/h4-5,8-9,11-14,17,36H,2-3,6-7,10,15-16,18-20H2,1H3,(H,31,32,33,34). The summed E-state index contributed by atoms with van der Waals surface area (Å²) < 4.78 is 0. The summed E-state index contributed by atoms with van der Waals surface area (Å²) in [5, 5.41) is 25.7. The van der Waals surface area contributed by atoms with Crippen LogP contribution >= 0.6 is 0 Å². The van der Waals surface area contributed by atoms with Gasteiger partial charge in [0.25, 0.3) is 0 Å². The molecule has 192 valence electrons. The normalized spacial score (nSPS) is 14.8. The fourth-order valence-electron chi connectivity index (χ4n) is 5.44. The topological polar surface area (TPSA) is 108 Å². The van der Waals surface area contributed by atoms with Crippen LogP contribution in [0.1, 0.15) is 57.4 Å². The first-order valence-electron chi connectivity index (χ1n) is 13.2. The first-order chi connectivity index (χ1) is 18.1. The molecule has 2 N–H and O–H groups in total. The van der Waals surface area contributed by atoms with Crippen LogP contribution in [0.2, 0.25) is 0 Å². The number of nitrogens with zero attached hydrogens (tertiary/aromatic N) is 5. The summed E-state index contributed by atoms with van der Waals surface area (Å²) in [6.45, 7) is 3.41. The number of benzene rings is 2. The molecular weight excluding hydrogens is 464 g/mol. The third-order valence-corrected chi connectivity index (χ3v) is 7.54. The highest BCUT2D eigenvalue weighted by Gasteiger charge is 2.36. The van der Waals surface area contributed by atoms with E-state index in [9.17, 15) is 9.90 Å². The number of H-pyrrole nitrogens is 1. The first kappa shape index (κ1) is 25.0. The molecule has 1 aliphatic rings. The minimum absolute atomic E-state index is 0.139. The summed E-state index contributed by atoms with van der Waals surface area (Å²) in [7, 11) is 0. The van der Waals surface area contributed by atoms with Gasteiger partial charge in [-0.1, -0.05) is 62.6 Å².